The number of thiazole rings is 1. The van der Waals surface area contributed by atoms with E-state index >= 15 is 0 Å². The Bertz CT molecular complexity index is 1410. The highest BCUT2D eigenvalue weighted by Crippen LogP contribution is 2.46. The second-order valence-electron chi connectivity index (χ2n) is 10.4. The number of hydrogen-bond acceptors (Lipinski definition) is 7. The van der Waals surface area contributed by atoms with Gasteiger partial charge in [0.1, 0.15) is 17.5 Å². The van der Waals surface area contributed by atoms with Crippen molar-refractivity contribution in [2.75, 3.05) is 31.1 Å². The fourth-order valence-corrected chi connectivity index (χ4v) is 7.22. The monoisotopic (exact) mass is 499 g/mol. The molecule has 184 valence electrons. The second-order valence-corrected chi connectivity index (χ2v) is 11.2. The molecule has 1 unspecified atom stereocenters. The molecular weight excluding hydrogens is 470 g/mol. The van der Waals surface area contributed by atoms with Crippen LogP contribution in [0, 0.1) is 23.7 Å². The van der Waals surface area contributed by atoms with E-state index in [1.165, 1.54) is 17.3 Å². The molecule has 36 heavy (non-hydrogen) atoms. The van der Waals surface area contributed by atoms with Gasteiger partial charge in [-0.3, -0.25) is 9.48 Å². The molecule has 2 fully saturated rings. The minimum absolute atomic E-state index is 0.00661. The molecule has 1 aliphatic carbocycles. The summed E-state index contributed by atoms with van der Waals surface area (Å²) >= 11 is 1.60. The van der Waals surface area contributed by atoms with Gasteiger partial charge < -0.3 is 9.80 Å². The lowest BCUT2D eigenvalue weighted by atomic mass is 9.79. The number of likely N-dealkylation sites (tertiary alicyclic amines) is 1. The Morgan fingerprint density at radius 2 is 2.19 bits per heavy atom. The van der Waals surface area contributed by atoms with Gasteiger partial charge in [0.05, 0.1) is 16.1 Å². The van der Waals surface area contributed by atoms with Gasteiger partial charge in [-0.2, -0.15) is 10.4 Å². The van der Waals surface area contributed by atoms with Crippen molar-refractivity contribution in [2.45, 2.75) is 38.5 Å². The van der Waals surface area contributed by atoms with Gasteiger partial charge in [0.15, 0.2) is 0 Å². The molecule has 5 heterocycles. The van der Waals surface area contributed by atoms with Crippen LogP contribution in [0.2, 0.25) is 0 Å². The topological polar surface area (TPSA) is 90.9 Å². The number of nitrogens with zero attached hydrogens (tertiary/aromatic N) is 7. The zero-order valence-electron chi connectivity index (χ0n) is 20.7. The summed E-state index contributed by atoms with van der Waals surface area (Å²) in [6.45, 7) is 8.76. The average Bonchev–Trinajstić information content (AvgIpc) is 3.60. The summed E-state index contributed by atoms with van der Waals surface area (Å²) in [6.07, 6.45) is 6.95. The van der Waals surface area contributed by atoms with Crippen molar-refractivity contribution in [3.05, 3.63) is 58.6 Å². The third-order valence-corrected chi connectivity index (χ3v) is 9.13. The maximum atomic E-state index is 12.0. The van der Waals surface area contributed by atoms with Crippen LogP contribution in [0.15, 0.2) is 30.4 Å². The number of rotatable bonds is 4. The van der Waals surface area contributed by atoms with Crippen molar-refractivity contribution in [2.24, 2.45) is 12.5 Å². The molecule has 2 saturated heterocycles. The molecule has 3 aliphatic rings. The molecule has 0 N–H and O–H groups in total. The molecule has 1 spiro atoms. The highest BCUT2D eigenvalue weighted by molar-refractivity contribution is 7.13. The quantitative estimate of drug-likeness (QED) is 0.510. The van der Waals surface area contributed by atoms with Crippen molar-refractivity contribution in [1.82, 2.24) is 24.6 Å². The van der Waals surface area contributed by atoms with E-state index in [4.69, 9.17) is 4.98 Å². The Hall–Kier alpha value is -3.51. The third kappa shape index (κ3) is 3.54. The van der Waals surface area contributed by atoms with Gasteiger partial charge in [0, 0.05) is 67.7 Å². The Balaban J connectivity index is 1.41. The van der Waals surface area contributed by atoms with Crippen molar-refractivity contribution in [3.8, 4) is 16.5 Å². The SMILES string of the molecule is C=CC(=O)N1CC2(CCN(c3nc4c(c(-c5scnc5C)c3C#N)CCC(c3ccnn3C)C4)C2)C1. The fourth-order valence-electron chi connectivity index (χ4n) is 6.34. The van der Waals surface area contributed by atoms with Crippen LogP contribution in [0.5, 0.6) is 0 Å². The highest BCUT2D eigenvalue weighted by atomic mass is 32.1. The molecular formula is C27H29N7OS. The number of aryl methyl sites for hydroxylation is 2. The smallest absolute Gasteiger partial charge is 0.245 e. The number of fused-ring (bicyclic) bond motifs is 1. The summed E-state index contributed by atoms with van der Waals surface area (Å²) in [6, 6.07) is 4.64. The molecule has 0 radical (unpaired) electrons. The zero-order chi connectivity index (χ0) is 25.0. The van der Waals surface area contributed by atoms with Crippen molar-refractivity contribution in [1.29, 1.82) is 5.26 Å². The lowest BCUT2D eigenvalue weighted by molar-refractivity contribution is -0.136. The number of anilines is 1. The van der Waals surface area contributed by atoms with Crippen LogP contribution in [0.3, 0.4) is 0 Å². The van der Waals surface area contributed by atoms with Gasteiger partial charge in [-0.1, -0.05) is 6.58 Å². The van der Waals surface area contributed by atoms with Crippen LogP contribution >= 0.6 is 11.3 Å². The summed E-state index contributed by atoms with van der Waals surface area (Å²) < 4.78 is 1.96. The third-order valence-electron chi connectivity index (χ3n) is 8.19. The first-order valence-electron chi connectivity index (χ1n) is 12.4. The van der Waals surface area contributed by atoms with Crippen molar-refractivity contribution in [3.63, 3.8) is 0 Å². The Morgan fingerprint density at radius 1 is 1.36 bits per heavy atom. The van der Waals surface area contributed by atoms with Crippen LogP contribution in [-0.2, 0) is 24.7 Å². The predicted octanol–water partition coefficient (Wildman–Crippen LogP) is 3.62. The molecule has 0 saturated carbocycles. The van der Waals surface area contributed by atoms with E-state index in [9.17, 15) is 10.1 Å². The minimum atomic E-state index is -0.00661. The van der Waals surface area contributed by atoms with Gasteiger partial charge in [-0.15, -0.1) is 11.3 Å². The fraction of sp³-hybridized carbons (Fsp3) is 0.444. The number of carbonyl (C=O) groups is 1. The number of aromatic nitrogens is 4. The van der Waals surface area contributed by atoms with Gasteiger partial charge in [0.25, 0.3) is 0 Å². The normalized spacial score (nSPS) is 20.2. The Kier molecular flexibility index (Phi) is 5.45. The first kappa shape index (κ1) is 22.9. The minimum Gasteiger partial charge on any atom is -0.355 e. The van der Waals surface area contributed by atoms with Crippen LogP contribution in [-0.4, -0.2) is 56.7 Å². The Morgan fingerprint density at radius 3 is 2.86 bits per heavy atom. The van der Waals surface area contributed by atoms with Gasteiger partial charge in [0.2, 0.25) is 5.91 Å². The van der Waals surface area contributed by atoms with Crippen LogP contribution < -0.4 is 4.90 Å². The molecule has 8 nitrogen and oxygen atoms in total. The van der Waals surface area contributed by atoms with E-state index < -0.39 is 0 Å². The molecule has 0 bridgehead atoms. The highest BCUT2D eigenvalue weighted by Gasteiger charge is 2.49. The number of nitriles is 1. The predicted molar refractivity (Wildman–Crippen MR) is 139 cm³/mol. The molecule has 2 aliphatic heterocycles. The largest absolute Gasteiger partial charge is 0.355 e. The van der Waals surface area contributed by atoms with Crippen LogP contribution in [0.4, 0.5) is 5.82 Å². The lowest BCUT2D eigenvalue weighted by Crippen LogP contribution is -2.59. The number of amides is 1. The van der Waals surface area contributed by atoms with Crippen molar-refractivity contribution >= 4 is 23.1 Å². The van der Waals surface area contributed by atoms with E-state index in [0.29, 0.717) is 11.5 Å². The number of pyridine rings is 1. The summed E-state index contributed by atoms with van der Waals surface area (Å²) in [5.74, 6) is 1.13. The second kappa shape index (κ2) is 8.56. The van der Waals surface area contributed by atoms with Gasteiger partial charge in [-0.05, 0) is 50.3 Å². The molecule has 0 aromatic carbocycles. The molecule has 6 rings (SSSR count). The molecule has 9 heteroatoms. The van der Waals surface area contributed by atoms with Gasteiger partial charge >= 0.3 is 0 Å². The molecule has 3 aromatic heterocycles. The Labute approximate surface area is 214 Å². The average molecular weight is 500 g/mol. The van der Waals surface area contributed by atoms with Gasteiger partial charge in [-0.25, -0.2) is 9.97 Å². The van der Waals surface area contributed by atoms with E-state index in [1.54, 1.807) is 11.3 Å². The first-order valence-corrected chi connectivity index (χ1v) is 13.3. The standard InChI is InChI=1S/C27H29N7OS/c1-4-23(35)34-14-27(15-34)8-10-33(13-27)26-20(12-28)24(25-17(2)29-16-36-25)19-6-5-18(11-21(19)31-26)22-7-9-30-32(22)3/h4,7,9,16,18H,1,5-6,8,10-11,13-15H2,2-3H3. The van der Waals surface area contributed by atoms with E-state index in [0.717, 1.165) is 79.5 Å². The maximum Gasteiger partial charge on any atom is 0.245 e. The summed E-state index contributed by atoms with van der Waals surface area (Å²) in [4.78, 5) is 27.0. The van der Waals surface area contributed by atoms with Crippen LogP contribution in [0.25, 0.3) is 10.4 Å². The van der Waals surface area contributed by atoms with E-state index in [1.807, 2.05) is 35.3 Å². The van der Waals surface area contributed by atoms with Crippen molar-refractivity contribution < 1.29 is 4.79 Å². The summed E-state index contributed by atoms with van der Waals surface area (Å²) in [5, 5.41) is 14.8. The van der Waals surface area contributed by atoms with E-state index in [-0.39, 0.29) is 11.3 Å². The maximum absolute atomic E-state index is 12.0. The summed E-state index contributed by atoms with van der Waals surface area (Å²) in [5.41, 5.74) is 8.09. The molecule has 1 atom stereocenters. The zero-order valence-corrected chi connectivity index (χ0v) is 21.5. The lowest BCUT2D eigenvalue weighted by Gasteiger charge is -2.47. The van der Waals surface area contributed by atoms with Crippen LogP contribution in [0.1, 0.15) is 47.0 Å². The number of carbonyl (C=O) groups excluding carboxylic acids is 1. The summed E-state index contributed by atoms with van der Waals surface area (Å²) in [7, 11) is 2.00. The number of hydrogen-bond donors (Lipinski definition) is 0. The first-order chi connectivity index (χ1) is 17.4. The van der Waals surface area contributed by atoms with E-state index in [2.05, 4.69) is 33.7 Å². The molecule has 1 amide bonds. The molecule has 3 aromatic rings.